The van der Waals surface area contributed by atoms with E-state index >= 15 is 0 Å². The molecule has 0 fully saturated rings. The minimum Gasteiger partial charge on any atom is -0.493 e. The van der Waals surface area contributed by atoms with Gasteiger partial charge in [-0.25, -0.2) is 4.99 Å². The number of rotatable bonds is 4. The number of fused-ring (bicyclic) bond motifs is 3. The summed E-state index contributed by atoms with van der Waals surface area (Å²) >= 11 is 3.05. The molecule has 8 heteroatoms. The fourth-order valence-electron chi connectivity index (χ4n) is 4.88. The van der Waals surface area contributed by atoms with Gasteiger partial charge < -0.3 is 9.47 Å². The van der Waals surface area contributed by atoms with Crippen LogP contribution in [0.1, 0.15) is 41.0 Å². The molecule has 1 aliphatic carbocycles. The Morgan fingerprint density at radius 2 is 1.97 bits per heavy atom. The number of ether oxygens (including phenoxy) is 2. The number of hydrogen-bond acceptors (Lipinski definition) is 7. The number of aryl methyl sites for hydroxylation is 1. The van der Waals surface area contributed by atoms with Crippen molar-refractivity contribution in [2.24, 2.45) is 4.99 Å². The van der Waals surface area contributed by atoms with Gasteiger partial charge in [-0.15, -0.1) is 11.3 Å². The van der Waals surface area contributed by atoms with E-state index in [0.29, 0.717) is 20.8 Å². The van der Waals surface area contributed by atoms with Gasteiger partial charge in [-0.05, 0) is 59.2 Å². The number of allylic oxidation sites excluding steroid dienone is 1. The summed E-state index contributed by atoms with van der Waals surface area (Å²) in [7, 11) is 1.52. The van der Waals surface area contributed by atoms with Gasteiger partial charge in [0, 0.05) is 17.4 Å². The van der Waals surface area contributed by atoms with E-state index in [1.807, 2.05) is 22.8 Å². The summed E-state index contributed by atoms with van der Waals surface area (Å²) in [6.07, 6.45) is 3.65. The number of carbonyl (C=O) groups excluding carboxylic acids is 1. The maximum Gasteiger partial charge on any atom is 0.308 e. The Balaban J connectivity index is 1.53. The summed E-state index contributed by atoms with van der Waals surface area (Å²) in [6.45, 7) is 1.34. The molecule has 180 valence electrons. The Hall–Kier alpha value is -3.75. The highest BCUT2D eigenvalue weighted by atomic mass is 32.1. The highest BCUT2D eigenvalue weighted by Gasteiger charge is 2.33. The van der Waals surface area contributed by atoms with Gasteiger partial charge in [0.25, 0.3) is 5.56 Å². The summed E-state index contributed by atoms with van der Waals surface area (Å²) in [6, 6.07) is 17.6. The molecule has 2 aromatic heterocycles. The molecule has 0 N–H and O–H groups in total. The molecule has 0 unspecified atom stereocenters. The molecule has 0 spiro atoms. The predicted octanol–water partition coefficient (Wildman–Crippen LogP) is 4.31. The van der Waals surface area contributed by atoms with Gasteiger partial charge in [0.1, 0.15) is 0 Å². The van der Waals surface area contributed by atoms with Gasteiger partial charge in [-0.1, -0.05) is 47.7 Å². The Morgan fingerprint density at radius 1 is 1.11 bits per heavy atom. The zero-order chi connectivity index (χ0) is 24.8. The van der Waals surface area contributed by atoms with Crippen LogP contribution in [0.15, 0.2) is 75.3 Å². The molecule has 0 saturated heterocycles. The minimum atomic E-state index is -0.423. The Morgan fingerprint density at radius 3 is 2.75 bits per heavy atom. The number of nitrogens with zero attached hydrogens (tertiary/aromatic N) is 2. The number of carbonyl (C=O) groups is 1. The van der Waals surface area contributed by atoms with Crippen molar-refractivity contribution in [3.05, 3.63) is 107 Å². The van der Waals surface area contributed by atoms with Crippen molar-refractivity contribution in [1.29, 1.82) is 0 Å². The molecule has 0 amide bonds. The number of esters is 1. The number of benzene rings is 2. The fourth-order valence-corrected chi connectivity index (χ4v) is 6.73. The number of thiophene rings is 1. The first kappa shape index (κ1) is 22.7. The maximum absolute atomic E-state index is 13.8. The molecule has 3 heterocycles. The van der Waals surface area contributed by atoms with E-state index in [1.165, 1.54) is 36.5 Å². The van der Waals surface area contributed by atoms with E-state index in [4.69, 9.17) is 14.5 Å². The molecule has 1 aliphatic heterocycles. The van der Waals surface area contributed by atoms with Crippen LogP contribution in [-0.2, 0) is 11.2 Å². The van der Waals surface area contributed by atoms with Crippen LogP contribution in [0.5, 0.6) is 11.5 Å². The summed E-state index contributed by atoms with van der Waals surface area (Å²) in [5, 5.41) is 2.05. The lowest BCUT2D eigenvalue weighted by molar-refractivity contribution is -0.132. The van der Waals surface area contributed by atoms with E-state index < -0.39 is 5.97 Å². The van der Waals surface area contributed by atoms with Crippen LogP contribution in [0, 0.1) is 0 Å². The van der Waals surface area contributed by atoms with E-state index in [-0.39, 0.29) is 11.6 Å². The predicted molar refractivity (Wildman–Crippen MR) is 141 cm³/mol. The Labute approximate surface area is 215 Å². The van der Waals surface area contributed by atoms with Crippen molar-refractivity contribution in [2.75, 3.05) is 7.11 Å². The maximum atomic E-state index is 13.8. The summed E-state index contributed by atoms with van der Waals surface area (Å²) in [5.74, 6) is 0.344. The molecule has 6 nitrogen and oxygen atoms in total. The highest BCUT2D eigenvalue weighted by molar-refractivity contribution is 7.10. The molecule has 0 saturated carbocycles. The van der Waals surface area contributed by atoms with E-state index in [2.05, 4.69) is 29.6 Å². The van der Waals surface area contributed by atoms with Crippen molar-refractivity contribution in [2.45, 2.75) is 25.8 Å². The SMILES string of the molecule is COc1cc(/C=c2/sc3n(c2=O)[C@H](c2cccs2)C2=C(N=3)c3ccccc3CC2)ccc1OC(C)=O. The second-order valence-electron chi connectivity index (χ2n) is 8.63. The number of thiazole rings is 1. The van der Waals surface area contributed by atoms with Crippen molar-refractivity contribution in [3.8, 4) is 11.5 Å². The quantitative estimate of drug-likeness (QED) is 0.301. The van der Waals surface area contributed by atoms with Gasteiger partial charge in [-0.2, -0.15) is 0 Å². The first-order valence-electron chi connectivity index (χ1n) is 11.6. The lowest BCUT2D eigenvalue weighted by atomic mass is 9.85. The molecular weight excluding hydrogens is 492 g/mol. The second-order valence-corrected chi connectivity index (χ2v) is 10.6. The standard InChI is InChI=1S/C28H22N2O4S2/c1-16(31)34-21-12-9-17(14-22(21)33-2)15-24-27(32)30-26(23-8-5-13-35-23)20-11-10-18-6-3-4-7-19(18)25(20)29-28(30)36-24/h3-9,12-15,26H,10-11H2,1-2H3/b24-15+/t26-/m0/s1. The Kier molecular flexibility index (Phi) is 5.70. The van der Waals surface area contributed by atoms with Crippen LogP contribution in [-0.4, -0.2) is 17.6 Å². The normalized spacial score (nSPS) is 16.6. The summed E-state index contributed by atoms with van der Waals surface area (Å²) < 4.78 is 13.0. The molecule has 0 radical (unpaired) electrons. The van der Waals surface area contributed by atoms with E-state index in [9.17, 15) is 9.59 Å². The van der Waals surface area contributed by atoms with Crippen molar-refractivity contribution in [1.82, 2.24) is 4.57 Å². The molecule has 2 aromatic carbocycles. The molecule has 2 aliphatic rings. The monoisotopic (exact) mass is 514 g/mol. The summed E-state index contributed by atoms with van der Waals surface area (Å²) in [5.41, 5.74) is 5.35. The third-order valence-corrected chi connectivity index (χ3v) is 8.33. The second kappa shape index (κ2) is 9.04. The lowest BCUT2D eigenvalue weighted by Crippen LogP contribution is -2.38. The first-order valence-corrected chi connectivity index (χ1v) is 13.3. The van der Waals surface area contributed by atoms with Gasteiger partial charge in [-0.3, -0.25) is 14.2 Å². The smallest absolute Gasteiger partial charge is 0.308 e. The number of methoxy groups -OCH3 is 1. The molecular formula is C28H22N2O4S2. The molecule has 0 bridgehead atoms. The largest absolute Gasteiger partial charge is 0.493 e. The van der Waals surface area contributed by atoms with Crippen LogP contribution in [0.2, 0.25) is 0 Å². The average molecular weight is 515 g/mol. The van der Waals surface area contributed by atoms with Gasteiger partial charge in [0.2, 0.25) is 0 Å². The Bertz CT molecular complexity index is 1710. The van der Waals surface area contributed by atoms with Gasteiger partial charge in [0.05, 0.1) is 23.4 Å². The molecule has 4 aromatic rings. The lowest BCUT2D eigenvalue weighted by Gasteiger charge is -2.30. The zero-order valence-corrected chi connectivity index (χ0v) is 21.3. The number of aromatic nitrogens is 1. The third kappa shape index (κ3) is 3.83. The van der Waals surface area contributed by atoms with Crippen molar-refractivity contribution in [3.63, 3.8) is 0 Å². The van der Waals surface area contributed by atoms with Crippen LogP contribution in [0.3, 0.4) is 0 Å². The first-order chi connectivity index (χ1) is 17.5. The van der Waals surface area contributed by atoms with Crippen LogP contribution >= 0.6 is 22.7 Å². The number of hydrogen-bond donors (Lipinski definition) is 0. The average Bonchev–Trinajstić information content (AvgIpc) is 3.52. The fraction of sp³-hybridized carbons (Fsp3) is 0.179. The highest BCUT2D eigenvalue weighted by Crippen LogP contribution is 2.42. The van der Waals surface area contributed by atoms with Crippen molar-refractivity contribution >= 4 is 40.4 Å². The van der Waals surface area contributed by atoms with Gasteiger partial charge in [0.15, 0.2) is 16.3 Å². The van der Waals surface area contributed by atoms with Crippen LogP contribution in [0.25, 0.3) is 11.8 Å². The minimum absolute atomic E-state index is 0.0643. The molecule has 36 heavy (non-hydrogen) atoms. The molecule has 1 atom stereocenters. The van der Waals surface area contributed by atoms with E-state index in [1.54, 1.807) is 29.5 Å². The zero-order valence-electron chi connectivity index (χ0n) is 19.7. The topological polar surface area (TPSA) is 69.9 Å². The van der Waals surface area contributed by atoms with Gasteiger partial charge >= 0.3 is 5.97 Å². The summed E-state index contributed by atoms with van der Waals surface area (Å²) in [4.78, 5) is 32.0. The van der Waals surface area contributed by atoms with Crippen LogP contribution in [0.4, 0.5) is 0 Å². The molecule has 6 rings (SSSR count). The van der Waals surface area contributed by atoms with Crippen molar-refractivity contribution < 1.29 is 14.3 Å². The third-order valence-electron chi connectivity index (χ3n) is 6.42. The van der Waals surface area contributed by atoms with Crippen LogP contribution < -0.4 is 24.4 Å². The van der Waals surface area contributed by atoms with E-state index in [0.717, 1.165) is 34.5 Å².